The van der Waals surface area contributed by atoms with Gasteiger partial charge in [-0.25, -0.2) is 4.39 Å². The Morgan fingerprint density at radius 1 is 1.09 bits per heavy atom. The third-order valence-electron chi connectivity index (χ3n) is 3.05. The van der Waals surface area contributed by atoms with Gasteiger partial charge < -0.3 is 10.6 Å². The van der Waals surface area contributed by atoms with Gasteiger partial charge in [-0.15, -0.1) is 0 Å². The predicted octanol–water partition coefficient (Wildman–Crippen LogP) is 3.89. The Morgan fingerprint density at radius 2 is 1.78 bits per heavy atom. The van der Waals surface area contributed by atoms with E-state index in [0.29, 0.717) is 10.7 Å². The molecule has 0 heterocycles. The number of carbonyl (C=O) groups excluding carboxylic acids is 2. The molecule has 0 aliphatic rings. The number of anilines is 1. The molecule has 2 aromatic carbocycles. The third-order valence-corrected chi connectivity index (χ3v) is 3.67. The SMILES string of the molecule is C[C@@H](NC(=O)c1ccccc1Cl)C(=O)Nc1ccc(F)c(Cl)c1. The molecule has 1 atom stereocenters. The summed E-state index contributed by atoms with van der Waals surface area (Å²) in [4.78, 5) is 24.2. The molecule has 0 saturated carbocycles. The molecule has 23 heavy (non-hydrogen) atoms. The van der Waals surface area contributed by atoms with Crippen LogP contribution >= 0.6 is 23.2 Å². The first-order chi connectivity index (χ1) is 10.9. The minimum absolute atomic E-state index is 0.101. The fourth-order valence-electron chi connectivity index (χ4n) is 1.81. The zero-order valence-electron chi connectivity index (χ0n) is 12.1. The molecule has 120 valence electrons. The first kappa shape index (κ1) is 17.2. The van der Waals surface area contributed by atoms with Crippen LogP contribution in [0.1, 0.15) is 17.3 Å². The number of hydrogen-bond acceptors (Lipinski definition) is 2. The molecule has 0 radical (unpaired) electrons. The summed E-state index contributed by atoms with van der Waals surface area (Å²) in [6.45, 7) is 1.52. The average molecular weight is 355 g/mol. The van der Waals surface area contributed by atoms with Crippen molar-refractivity contribution < 1.29 is 14.0 Å². The van der Waals surface area contributed by atoms with Crippen molar-refractivity contribution in [2.75, 3.05) is 5.32 Å². The molecular formula is C16H13Cl2FN2O2. The van der Waals surface area contributed by atoms with E-state index >= 15 is 0 Å². The summed E-state index contributed by atoms with van der Waals surface area (Å²) >= 11 is 11.6. The van der Waals surface area contributed by atoms with Crippen molar-refractivity contribution >= 4 is 40.7 Å². The van der Waals surface area contributed by atoms with Crippen molar-refractivity contribution in [1.29, 1.82) is 0 Å². The van der Waals surface area contributed by atoms with Crippen LogP contribution in [0.4, 0.5) is 10.1 Å². The molecule has 2 aromatic rings. The van der Waals surface area contributed by atoms with Crippen LogP contribution in [0.2, 0.25) is 10.0 Å². The Kier molecular flexibility index (Phi) is 5.58. The number of nitrogens with one attached hydrogen (secondary N) is 2. The lowest BCUT2D eigenvalue weighted by atomic mass is 10.2. The molecule has 2 rings (SSSR count). The van der Waals surface area contributed by atoms with E-state index < -0.39 is 23.7 Å². The van der Waals surface area contributed by atoms with E-state index in [-0.39, 0.29) is 10.6 Å². The predicted molar refractivity (Wildman–Crippen MR) is 88.4 cm³/mol. The molecule has 7 heteroatoms. The highest BCUT2D eigenvalue weighted by atomic mass is 35.5. The second kappa shape index (κ2) is 7.44. The molecule has 0 unspecified atom stereocenters. The van der Waals surface area contributed by atoms with Crippen molar-refractivity contribution in [3.8, 4) is 0 Å². The maximum Gasteiger partial charge on any atom is 0.253 e. The van der Waals surface area contributed by atoms with Crippen LogP contribution in [0.15, 0.2) is 42.5 Å². The molecule has 2 N–H and O–H groups in total. The summed E-state index contributed by atoms with van der Waals surface area (Å²) in [5.41, 5.74) is 0.610. The van der Waals surface area contributed by atoms with E-state index in [4.69, 9.17) is 23.2 Å². The zero-order valence-corrected chi connectivity index (χ0v) is 13.6. The lowest BCUT2D eigenvalue weighted by Gasteiger charge is -2.15. The molecular weight excluding hydrogens is 342 g/mol. The van der Waals surface area contributed by atoms with Gasteiger partial charge in [0.2, 0.25) is 5.91 Å². The third kappa shape index (κ3) is 4.43. The van der Waals surface area contributed by atoms with Gasteiger partial charge in [0, 0.05) is 5.69 Å². The molecule has 0 aliphatic heterocycles. The van der Waals surface area contributed by atoms with Gasteiger partial charge in [-0.3, -0.25) is 9.59 Å². The van der Waals surface area contributed by atoms with E-state index in [1.165, 1.54) is 19.1 Å². The number of amides is 2. The van der Waals surface area contributed by atoms with Crippen molar-refractivity contribution in [2.45, 2.75) is 13.0 Å². The monoisotopic (exact) mass is 354 g/mol. The lowest BCUT2D eigenvalue weighted by Crippen LogP contribution is -2.41. The average Bonchev–Trinajstić information content (AvgIpc) is 2.51. The number of hydrogen-bond donors (Lipinski definition) is 2. The smallest absolute Gasteiger partial charge is 0.253 e. The molecule has 0 aromatic heterocycles. The second-order valence-corrected chi connectivity index (χ2v) is 5.61. The lowest BCUT2D eigenvalue weighted by molar-refractivity contribution is -0.117. The van der Waals surface area contributed by atoms with Crippen LogP contribution in [0.5, 0.6) is 0 Å². The van der Waals surface area contributed by atoms with Crippen LogP contribution in [0.3, 0.4) is 0 Å². The van der Waals surface area contributed by atoms with Crippen LogP contribution in [0.25, 0.3) is 0 Å². The minimum atomic E-state index is -0.817. The van der Waals surface area contributed by atoms with Crippen molar-refractivity contribution in [2.24, 2.45) is 0 Å². The zero-order chi connectivity index (χ0) is 17.0. The number of carbonyl (C=O) groups is 2. The quantitative estimate of drug-likeness (QED) is 0.874. The molecule has 0 fully saturated rings. The van der Waals surface area contributed by atoms with Gasteiger partial charge in [0.15, 0.2) is 0 Å². The molecule has 0 spiro atoms. The summed E-state index contributed by atoms with van der Waals surface area (Å²) in [7, 11) is 0. The van der Waals surface area contributed by atoms with E-state index in [9.17, 15) is 14.0 Å². The summed E-state index contributed by atoms with van der Waals surface area (Å²) in [5, 5.41) is 5.28. The molecule has 2 amide bonds. The largest absolute Gasteiger partial charge is 0.340 e. The van der Waals surface area contributed by atoms with Crippen molar-refractivity contribution in [3.05, 3.63) is 63.9 Å². The maximum atomic E-state index is 13.1. The Labute approximate surface area is 142 Å². The van der Waals surface area contributed by atoms with E-state index in [2.05, 4.69) is 10.6 Å². The number of benzene rings is 2. The first-order valence-corrected chi connectivity index (χ1v) is 7.45. The molecule has 0 bridgehead atoms. The summed E-state index contributed by atoms with van der Waals surface area (Å²) < 4.78 is 13.1. The van der Waals surface area contributed by atoms with Gasteiger partial charge in [-0.05, 0) is 37.3 Å². The van der Waals surface area contributed by atoms with E-state index in [1.807, 2.05) is 0 Å². The van der Waals surface area contributed by atoms with Crippen LogP contribution in [-0.2, 0) is 4.79 Å². The molecule has 4 nitrogen and oxygen atoms in total. The van der Waals surface area contributed by atoms with Crippen LogP contribution in [0, 0.1) is 5.82 Å². The molecule has 0 saturated heterocycles. The van der Waals surface area contributed by atoms with Gasteiger partial charge in [-0.2, -0.15) is 0 Å². The van der Waals surface area contributed by atoms with E-state index in [1.54, 1.807) is 24.3 Å². The van der Waals surface area contributed by atoms with Gasteiger partial charge in [0.05, 0.1) is 15.6 Å². The normalized spacial score (nSPS) is 11.7. The van der Waals surface area contributed by atoms with Gasteiger partial charge in [-0.1, -0.05) is 35.3 Å². The minimum Gasteiger partial charge on any atom is -0.340 e. The Morgan fingerprint density at radius 3 is 2.43 bits per heavy atom. The number of halogens is 3. The van der Waals surface area contributed by atoms with Crippen molar-refractivity contribution in [1.82, 2.24) is 5.32 Å². The first-order valence-electron chi connectivity index (χ1n) is 6.70. The summed E-state index contributed by atoms with van der Waals surface area (Å²) in [6.07, 6.45) is 0. The fourth-order valence-corrected chi connectivity index (χ4v) is 2.21. The Hall–Kier alpha value is -2.11. The highest BCUT2D eigenvalue weighted by molar-refractivity contribution is 6.33. The van der Waals surface area contributed by atoms with Crippen LogP contribution in [-0.4, -0.2) is 17.9 Å². The summed E-state index contributed by atoms with van der Waals surface area (Å²) in [6, 6.07) is 9.51. The summed E-state index contributed by atoms with van der Waals surface area (Å²) in [5.74, 6) is -1.51. The van der Waals surface area contributed by atoms with Crippen LogP contribution < -0.4 is 10.6 Å². The highest BCUT2D eigenvalue weighted by Crippen LogP contribution is 2.19. The number of rotatable bonds is 4. The Bertz CT molecular complexity index is 753. The van der Waals surface area contributed by atoms with Gasteiger partial charge in [0.1, 0.15) is 11.9 Å². The highest BCUT2D eigenvalue weighted by Gasteiger charge is 2.18. The topological polar surface area (TPSA) is 58.2 Å². The van der Waals surface area contributed by atoms with E-state index in [0.717, 1.165) is 6.07 Å². The fraction of sp³-hybridized carbons (Fsp3) is 0.125. The standard InChI is InChI=1S/C16H13Cl2FN2O2/c1-9(20-16(23)11-4-2-3-5-12(11)17)15(22)21-10-6-7-14(19)13(18)8-10/h2-9H,1H3,(H,20,23)(H,21,22)/t9-/m1/s1. The Balaban J connectivity index is 2.01. The van der Waals surface area contributed by atoms with Crippen molar-refractivity contribution in [3.63, 3.8) is 0 Å². The van der Waals surface area contributed by atoms with Gasteiger partial charge in [0.25, 0.3) is 5.91 Å². The molecule has 0 aliphatic carbocycles. The maximum absolute atomic E-state index is 13.1. The second-order valence-electron chi connectivity index (χ2n) is 4.79. The van der Waals surface area contributed by atoms with Gasteiger partial charge >= 0.3 is 0 Å².